The van der Waals surface area contributed by atoms with Gasteiger partial charge in [-0.3, -0.25) is 4.99 Å². The molecule has 27 heavy (non-hydrogen) atoms. The Labute approximate surface area is 161 Å². The Hall–Kier alpha value is -2.58. The number of benzene rings is 2. The topological polar surface area (TPSA) is 83.0 Å². The largest absolute Gasteiger partial charge is 0.492 e. The highest BCUT2D eigenvalue weighted by molar-refractivity contribution is 7.89. The summed E-state index contributed by atoms with van der Waals surface area (Å²) in [6, 6.07) is 17.9. The highest BCUT2D eigenvalue weighted by atomic mass is 32.2. The van der Waals surface area contributed by atoms with Crippen molar-refractivity contribution in [2.45, 2.75) is 4.90 Å². The van der Waals surface area contributed by atoms with Crippen molar-refractivity contribution in [3.05, 3.63) is 60.7 Å². The van der Waals surface area contributed by atoms with Crippen LogP contribution in [0.1, 0.15) is 0 Å². The first kappa shape index (κ1) is 20.7. The molecular weight excluding hydrogens is 364 g/mol. The summed E-state index contributed by atoms with van der Waals surface area (Å²) in [6.07, 6.45) is 0. The van der Waals surface area contributed by atoms with Crippen LogP contribution in [0.25, 0.3) is 0 Å². The number of likely N-dealkylation sites (N-methyl/N-ethyl adjacent to an activating group) is 1. The van der Waals surface area contributed by atoms with Crippen molar-refractivity contribution >= 4 is 16.0 Å². The second-order valence-corrected chi connectivity index (χ2v) is 7.53. The van der Waals surface area contributed by atoms with Crippen LogP contribution in [0, 0.1) is 0 Å². The van der Waals surface area contributed by atoms with Crippen molar-refractivity contribution in [1.29, 1.82) is 0 Å². The van der Waals surface area contributed by atoms with E-state index in [1.54, 1.807) is 37.4 Å². The van der Waals surface area contributed by atoms with Crippen molar-refractivity contribution in [3.63, 3.8) is 0 Å². The summed E-state index contributed by atoms with van der Waals surface area (Å²) in [4.78, 5) is 6.38. The smallest absolute Gasteiger partial charge is 0.240 e. The van der Waals surface area contributed by atoms with E-state index in [1.807, 2.05) is 42.3 Å². The quantitative estimate of drug-likeness (QED) is 0.386. The molecule has 0 heterocycles. The van der Waals surface area contributed by atoms with Gasteiger partial charge in [-0.05, 0) is 24.3 Å². The molecule has 8 heteroatoms. The van der Waals surface area contributed by atoms with E-state index < -0.39 is 10.0 Å². The van der Waals surface area contributed by atoms with Gasteiger partial charge in [-0.1, -0.05) is 36.4 Å². The number of guanidine groups is 1. The fraction of sp³-hybridized carbons (Fsp3) is 0.316. The first-order valence-corrected chi connectivity index (χ1v) is 10.2. The Bertz CT molecular complexity index is 811. The van der Waals surface area contributed by atoms with E-state index in [2.05, 4.69) is 15.0 Å². The van der Waals surface area contributed by atoms with Crippen LogP contribution in [0.2, 0.25) is 0 Å². The molecule has 0 aromatic heterocycles. The van der Waals surface area contributed by atoms with Crippen LogP contribution >= 0.6 is 0 Å². The number of hydrogen-bond acceptors (Lipinski definition) is 4. The monoisotopic (exact) mass is 390 g/mol. The van der Waals surface area contributed by atoms with E-state index in [0.29, 0.717) is 25.7 Å². The van der Waals surface area contributed by atoms with Gasteiger partial charge in [0.25, 0.3) is 0 Å². The van der Waals surface area contributed by atoms with Gasteiger partial charge in [0.2, 0.25) is 10.0 Å². The maximum absolute atomic E-state index is 12.2. The molecule has 0 saturated carbocycles. The molecule has 0 atom stereocenters. The zero-order valence-corrected chi connectivity index (χ0v) is 16.4. The van der Waals surface area contributed by atoms with Crippen molar-refractivity contribution < 1.29 is 13.2 Å². The zero-order chi connectivity index (χ0) is 19.5. The molecule has 2 aromatic carbocycles. The lowest BCUT2D eigenvalue weighted by molar-refractivity contribution is 0.281. The molecular formula is C19H26N4O3S. The molecule has 7 nitrogen and oxygen atoms in total. The molecule has 2 N–H and O–H groups in total. The number of hydrogen-bond donors (Lipinski definition) is 2. The van der Waals surface area contributed by atoms with Gasteiger partial charge < -0.3 is 15.0 Å². The molecule has 0 radical (unpaired) electrons. The van der Waals surface area contributed by atoms with E-state index in [1.165, 1.54) is 0 Å². The van der Waals surface area contributed by atoms with Crippen LogP contribution < -0.4 is 14.8 Å². The minimum atomic E-state index is -3.49. The fourth-order valence-electron chi connectivity index (χ4n) is 2.35. The molecule has 146 valence electrons. The molecule has 0 bridgehead atoms. The minimum Gasteiger partial charge on any atom is -0.492 e. The predicted molar refractivity (Wildman–Crippen MR) is 108 cm³/mol. The number of para-hydroxylation sites is 1. The van der Waals surface area contributed by atoms with E-state index in [9.17, 15) is 8.42 Å². The summed E-state index contributed by atoms with van der Waals surface area (Å²) >= 11 is 0. The molecule has 0 fully saturated rings. The number of rotatable bonds is 9. The van der Waals surface area contributed by atoms with Crippen LogP contribution in [-0.4, -0.2) is 59.6 Å². The third kappa shape index (κ3) is 6.92. The standard InChI is InChI=1S/C19H26N4O3S/c1-20-19(23(2)15-16-26-17-9-5-3-6-10-17)21-13-14-22-27(24,25)18-11-7-4-8-12-18/h3-12,22H,13-16H2,1-2H3,(H,20,21). The molecule has 0 spiro atoms. The number of ether oxygens (including phenoxy) is 1. The molecule has 0 aliphatic carbocycles. The number of nitrogens with zero attached hydrogens (tertiary/aromatic N) is 2. The summed E-state index contributed by atoms with van der Waals surface area (Å²) in [5, 5.41) is 3.14. The van der Waals surface area contributed by atoms with Gasteiger partial charge in [0, 0.05) is 27.2 Å². The zero-order valence-electron chi connectivity index (χ0n) is 15.6. The maximum Gasteiger partial charge on any atom is 0.240 e. The Morgan fingerprint density at radius 1 is 1.04 bits per heavy atom. The van der Waals surface area contributed by atoms with Gasteiger partial charge >= 0.3 is 0 Å². The third-order valence-electron chi connectivity index (χ3n) is 3.77. The van der Waals surface area contributed by atoms with Gasteiger partial charge in [-0.15, -0.1) is 0 Å². The van der Waals surface area contributed by atoms with E-state index >= 15 is 0 Å². The molecule has 0 unspecified atom stereocenters. The van der Waals surface area contributed by atoms with Gasteiger partial charge in [0.05, 0.1) is 11.4 Å². The van der Waals surface area contributed by atoms with Crippen molar-refractivity contribution in [2.75, 3.05) is 40.3 Å². The second kappa shape index (κ2) is 10.5. The lowest BCUT2D eigenvalue weighted by Crippen LogP contribution is -2.43. The van der Waals surface area contributed by atoms with Crippen molar-refractivity contribution in [2.24, 2.45) is 4.99 Å². The van der Waals surface area contributed by atoms with Crippen LogP contribution in [0.15, 0.2) is 70.6 Å². The second-order valence-electron chi connectivity index (χ2n) is 5.77. The number of nitrogens with one attached hydrogen (secondary N) is 2. The summed E-state index contributed by atoms with van der Waals surface area (Å²) in [7, 11) is 0.0927. The Balaban J connectivity index is 1.71. The number of sulfonamides is 1. The molecule has 0 aliphatic heterocycles. The molecule has 2 rings (SSSR count). The summed E-state index contributed by atoms with van der Waals surface area (Å²) in [6.45, 7) is 1.83. The van der Waals surface area contributed by atoms with Gasteiger partial charge in [-0.25, -0.2) is 13.1 Å². The van der Waals surface area contributed by atoms with Crippen LogP contribution in [0.3, 0.4) is 0 Å². The SMILES string of the molecule is CN=C(NCCNS(=O)(=O)c1ccccc1)N(C)CCOc1ccccc1. The lowest BCUT2D eigenvalue weighted by Gasteiger charge is -2.22. The normalized spacial score (nSPS) is 11.9. The minimum absolute atomic E-state index is 0.254. The molecule has 0 aliphatic rings. The highest BCUT2D eigenvalue weighted by Gasteiger charge is 2.12. The lowest BCUT2D eigenvalue weighted by atomic mass is 10.3. The van der Waals surface area contributed by atoms with Crippen LogP contribution in [0.4, 0.5) is 0 Å². The first-order chi connectivity index (χ1) is 13.0. The molecule has 0 saturated heterocycles. The van der Waals surface area contributed by atoms with Gasteiger partial charge in [-0.2, -0.15) is 0 Å². The van der Waals surface area contributed by atoms with Gasteiger partial charge in [0.15, 0.2) is 5.96 Å². The average Bonchev–Trinajstić information content (AvgIpc) is 2.69. The predicted octanol–water partition coefficient (Wildman–Crippen LogP) is 1.55. The first-order valence-electron chi connectivity index (χ1n) is 8.67. The van der Waals surface area contributed by atoms with Crippen LogP contribution in [-0.2, 0) is 10.0 Å². The summed E-state index contributed by atoms with van der Waals surface area (Å²) in [5.74, 6) is 1.50. The summed E-state index contributed by atoms with van der Waals surface area (Å²) in [5.41, 5.74) is 0. The Morgan fingerprint density at radius 2 is 1.67 bits per heavy atom. The Morgan fingerprint density at radius 3 is 2.30 bits per heavy atom. The van der Waals surface area contributed by atoms with E-state index in [-0.39, 0.29) is 11.4 Å². The van der Waals surface area contributed by atoms with Crippen molar-refractivity contribution in [3.8, 4) is 5.75 Å². The van der Waals surface area contributed by atoms with Crippen LogP contribution in [0.5, 0.6) is 5.75 Å². The van der Waals surface area contributed by atoms with E-state index in [0.717, 1.165) is 5.75 Å². The Kier molecular flexibility index (Phi) is 8.09. The van der Waals surface area contributed by atoms with E-state index in [4.69, 9.17) is 4.74 Å². The highest BCUT2D eigenvalue weighted by Crippen LogP contribution is 2.08. The van der Waals surface area contributed by atoms with Crippen molar-refractivity contribution in [1.82, 2.24) is 14.9 Å². The molecule has 2 aromatic rings. The fourth-order valence-corrected chi connectivity index (χ4v) is 3.40. The third-order valence-corrected chi connectivity index (χ3v) is 5.24. The maximum atomic E-state index is 12.2. The van der Waals surface area contributed by atoms with Gasteiger partial charge in [0.1, 0.15) is 12.4 Å². The average molecular weight is 391 g/mol. The summed E-state index contributed by atoms with van der Waals surface area (Å²) < 4.78 is 32.6. The molecule has 0 amide bonds. The number of aliphatic imine (C=N–C) groups is 1.